The molecule has 0 spiro atoms. The maximum atomic E-state index is 13.9. The Morgan fingerprint density at radius 1 is 1.17 bits per heavy atom. The van der Waals surface area contributed by atoms with E-state index in [9.17, 15) is 14.0 Å². The molecule has 2 aromatic carbocycles. The van der Waals surface area contributed by atoms with Crippen LogP contribution < -0.4 is 16.0 Å². The largest absolute Gasteiger partial charge is 0.494 e. The van der Waals surface area contributed by atoms with E-state index in [0.717, 1.165) is 20.7 Å². The van der Waals surface area contributed by atoms with E-state index in [1.54, 1.807) is 0 Å². The molecule has 0 amide bonds. The molecule has 3 aromatic rings. The molecule has 0 aliphatic heterocycles. The average Bonchev–Trinajstić information content (AvgIpc) is 2.58. The van der Waals surface area contributed by atoms with Gasteiger partial charge in [-0.05, 0) is 23.8 Å². The Morgan fingerprint density at radius 3 is 2.46 bits per heavy atom. The van der Waals surface area contributed by atoms with Crippen LogP contribution in [0.25, 0.3) is 10.9 Å². The Bertz CT molecular complexity index is 1040. The van der Waals surface area contributed by atoms with Crippen LogP contribution in [0.3, 0.4) is 0 Å². The zero-order valence-corrected chi connectivity index (χ0v) is 14.6. The molecular weight excluding hydrogens is 379 g/mol. The summed E-state index contributed by atoms with van der Waals surface area (Å²) in [5, 5.41) is 0.229. The van der Waals surface area contributed by atoms with Gasteiger partial charge in [0, 0.05) is 17.6 Å². The first-order valence-corrected chi connectivity index (χ1v) is 7.93. The fourth-order valence-corrected chi connectivity index (χ4v) is 2.84. The van der Waals surface area contributed by atoms with Crippen molar-refractivity contribution in [1.82, 2.24) is 9.13 Å². The van der Waals surface area contributed by atoms with Crippen LogP contribution in [0, 0.1) is 5.82 Å². The molecule has 0 bridgehead atoms. The van der Waals surface area contributed by atoms with Crippen LogP contribution >= 0.6 is 15.9 Å². The summed E-state index contributed by atoms with van der Waals surface area (Å²) >= 11 is 3.34. The number of nitrogens with zero attached hydrogens (tertiary/aromatic N) is 2. The van der Waals surface area contributed by atoms with Gasteiger partial charge in [0.05, 0.1) is 24.6 Å². The van der Waals surface area contributed by atoms with Crippen molar-refractivity contribution < 1.29 is 9.13 Å². The molecule has 0 fully saturated rings. The van der Waals surface area contributed by atoms with Crippen molar-refractivity contribution in [3.8, 4) is 5.75 Å². The van der Waals surface area contributed by atoms with Crippen LogP contribution in [0.4, 0.5) is 4.39 Å². The first kappa shape index (κ1) is 16.4. The van der Waals surface area contributed by atoms with Gasteiger partial charge in [-0.3, -0.25) is 13.9 Å². The lowest BCUT2D eigenvalue weighted by atomic mass is 10.2. The van der Waals surface area contributed by atoms with Crippen LogP contribution in [0.2, 0.25) is 0 Å². The highest BCUT2D eigenvalue weighted by atomic mass is 79.9. The lowest BCUT2D eigenvalue weighted by Crippen LogP contribution is -2.39. The third-order valence-corrected chi connectivity index (χ3v) is 4.41. The van der Waals surface area contributed by atoms with Crippen LogP contribution in [0.15, 0.2) is 50.5 Å². The normalized spacial score (nSPS) is 11.0. The molecule has 0 radical (unpaired) electrons. The molecule has 24 heavy (non-hydrogen) atoms. The maximum absolute atomic E-state index is 13.9. The minimum atomic E-state index is -0.620. The second-order valence-corrected chi connectivity index (χ2v) is 6.28. The fraction of sp³-hybridized carbons (Fsp3) is 0.176. The zero-order chi connectivity index (χ0) is 17.4. The predicted octanol–water partition coefficient (Wildman–Crippen LogP) is 2.66. The molecule has 0 aliphatic rings. The number of hydrogen-bond donors (Lipinski definition) is 0. The van der Waals surface area contributed by atoms with Gasteiger partial charge in [0.15, 0.2) is 11.6 Å². The second-order valence-electron chi connectivity index (χ2n) is 5.36. The van der Waals surface area contributed by atoms with E-state index in [2.05, 4.69) is 15.9 Å². The number of fused-ring (bicyclic) bond motifs is 1. The fourth-order valence-electron chi connectivity index (χ4n) is 2.58. The van der Waals surface area contributed by atoms with Crippen molar-refractivity contribution in [1.29, 1.82) is 0 Å². The molecule has 5 nitrogen and oxygen atoms in total. The van der Waals surface area contributed by atoms with E-state index in [-0.39, 0.29) is 23.2 Å². The molecule has 1 heterocycles. The molecule has 7 heteroatoms. The van der Waals surface area contributed by atoms with E-state index in [1.807, 2.05) is 24.3 Å². The number of aromatic nitrogens is 2. The van der Waals surface area contributed by atoms with E-state index in [4.69, 9.17) is 4.74 Å². The van der Waals surface area contributed by atoms with E-state index in [1.165, 1.54) is 24.8 Å². The minimum Gasteiger partial charge on any atom is -0.494 e. The summed E-state index contributed by atoms with van der Waals surface area (Å²) in [7, 11) is 2.83. The highest BCUT2D eigenvalue weighted by molar-refractivity contribution is 9.10. The van der Waals surface area contributed by atoms with Gasteiger partial charge in [-0.1, -0.05) is 28.1 Å². The summed E-state index contributed by atoms with van der Waals surface area (Å²) in [6.07, 6.45) is 0. The maximum Gasteiger partial charge on any atom is 0.331 e. The van der Waals surface area contributed by atoms with Crippen molar-refractivity contribution >= 4 is 26.8 Å². The van der Waals surface area contributed by atoms with E-state index >= 15 is 0 Å². The van der Waals surface area contributed by atoms with Crippen molar-refractivity contribution in [2.75, 3.05) is 7.11 Å². The lowest BCUT2D eigenvalue weighted by Gasteiger charge is -2.12. The molecule has 0 saturated carbocycles. The van der Waals surface area contributed by atoms with Crippen molar-refractivity contribution in [2.45, 2.75) is 6.54 Å². The van der Waals surface area contributed by atoms with Crippen LogP contribution in [-0.2, 0) is 13.6 Å². The van der Waals surface area contributed by atoms with Gasteiger partial charge in [0.1, 0.15) is 0 Å². The summed E-state index contributed by atoms with van der Waals surface area (Å²) in [6, 6.07) is 9.79. The monoisotopic (exact) mass is 392 g/mol. The standard InChI is InChI=1S/C17H14BrFN2O3/c1-20-14-8-13(19)15(24-2)7-12(14)16(22)21(17(20)23)9-10-3-5-11(18)6-4-10/h3-8H,9H2,1-2H3. The van der Waals surface area contributed by atoms with E-state index < -0.39 is 17.1 Å². The van der Waals surface area contributed by atoms with Crippen molar-refractivity contribution in [3.05, 3.63) is 73.1 Å². The Labute approximate surface area is 145 Å². The van der Waals surface area contributed by atoms with Gasteiger partial charge in [0.25, 0.3) is 5.56 Å². The Morgan fingerprint density at radius 2 is 1.83 bits per heavy atom. The quantitative estimate of drug-likeness (QED) is 0.688. The molecule has 3 rings (SSSR count). The van der Waals surface area contributed by atoms with Gasteiger partial charge in [-0.25, -0.2) is 9.18 Å². The Kier molecular flexibility index (Phi) is 4.28. The van der Waals surface area contributed by atoms with Gasteiger partial charge in [-0.2, -0.15) is 0 Å². The molecule has 0 aliphatic carbocycles. The molecule has 124 valence electrons. The van der Waals surface area contributed by atoms with Crippen LogP contribution in [-0.4, -0.2) is 16.2 Å². The lowest BCUT2D eigenvalue weighted by molar-refractivity contribution is 0.387. The first-order chi connectivity index (χ1) is 11.4. The molecule has 0 N–H and O–H groups in total. The summed E-state index contributed by atoms with van der Waals surface area (Å²) in [4.78, 5) is 25.2. The molecule has 1 aromatic heterocycles. The molecule has 0 saturated heterocycles. The number of aryl methyl sites for hydroxylation is 1. The van der Waals surface area contributed by atoms with E-state index in [0.29, 0.717) is 0 Å². The summed E-state index contributed by atoms with van der Waals surface area (Å²) in [5.74, 6) is -0.654. The van der Waals surface area contributed by atoms with Gasteiger partial charge >= 0.3 is 5.69 Å². The minimum absolute atomic E-state index is 0.0339. The summed E-state index contributed by atoms with van der Waals surface area (Å²) in [6.45, 7) is 0.133. The number of hydrogen-bond acceptors (Lipinski definition) is 3. The van der Waals surface area contributed by atoms with Gasteiger partial charge in [-0.15, -0.1) is 0 Å². The van der Waals surface area contributed by atoms with Crippen LogP contribution in [0.5, 0.6) is 5.75 Å². The molecular formula is C17H14BrFN2O3. The molecule has 0 atom stereocenters. The van der Waals surface area contributed by atoms with Crippen molar-refractivity contribution in [3.63, 3.8) is 0 Å². The number of ether oxygens (including phenoxy) is 1. The average molecular weight is 393 g/mol. The highest BCUT2D eigenvalue weighted by Crippen LogP contribution is 2.21. The number of methoxy groups -OCH3 is 1. The topological polar surface area (TPSA) is 53.2 Å². The van der Waals surface area contributed by atoms with Gasteiger partial charge < -0.3 is 4.74 Å². The SMILES string of the molecule is COc1cc2c(=O)n(Cc3ccc(Br)cc3)c(=O)n(C)c2cc1F. The van der Waals surface area contributed by atoms with Crippen LogP contribution in [0.1, 0.15) is 5.56 Å². The second kappa shape index (κ2) is 6.24. The number of halogens is 2. The summed E-state index contributed by atoms with van der Waals surface area (Å²) < 4.78 is 22.1. The zero-order valence-electron chi connectivity index (χ0n) is 13.0. The smallest absolute Gasteiger partial charge is 0.331 e. The van der Waals surface area contributed by atoms with Gasteiger partial charge in [0.2, 0.25) is 0 Å². The predicted molar refractivity (Wildman–Crippen MR) is 93.2 cm³/mol. The Balaban J connectivity index is 2.25. The first-order valence-electron chi connectivity index (χ1n) is 7.14. The highest BCUT2D eigenvalue weighted by Gasteiger charge is 2.15. The third kappa shape index (κ3) is 2.75. The number of benzene rings is 2. The molecule has 0 unspecified atom stereocenters. The summed E-state index contributed by atoms with van der Waals surface area (Å²) in [5.41, 5.74) is 0.0653. The number of rotatable bonds is 3. The Hall–Kier alpha value is -2.41. The van der Waals surface area contributed by atoms with Crippen molar-refractivity contribution in [2.24, 2.45) is 7.05 Å². The third-order valence-electron chi connectivity index (χ3n) is 3.88.